The molecule has 2 aromatic carbocycles. The van der Waals surface area contributed by atoms with Crippen LogP contribution in [0, 0.1) is 11.6 Å². The number of alkyl halides is 3. The molecule has 0 saturated heterocycles. The summed E-state index contributed by atoms with van der Waals surface area (Å²) < 4.78 is 97.2. The fraction of sp³-hybridized carbons (Fsp3) is 0.208. The van der Waals surface area contributed by atoms with E-state index in [-0.39, 0.29) is 23.3 Å². The number of sulfonamides is 1. The number of benzene rings is 2. The van der Waals surface area contributed by atoms with Crippen molar-refractivity contribution in [1.82, 2.24) is 15.0 Å². The Bertz CT molecular complexity index is 1630. The van der Waals surface area contributed by atoms with E-state index in [2.05, 4.69) is 15.0 Å². The van der Waals surface area contributed by atoms with Crippen LogP contribution in [0.2, 0.25) is 0 Å². The number of halogens is 5. The smallest absolute Gasteiger partial charge is 0.368 e. The quantitative estimate of drug-likeness (QED) is 0.275. The number of anilines is 2. The molecule has 0 bridgehead atoms. The largest absolute Gasteiger partial charge is 0.417 e. The molecule has 0 saturated carbocycles. The molecule has 0 aliphatic rings. The highest BCUT2D eigenvalue weighted by atomic mass is 32.2. The first-order valence-electron chi connectivity index (χ1n) is 10.9. The molecule has 4 aromatic rings. The van der Waals surface area contributed by atoms with Gasteiger partial charge in [0.1, 0.15) is 5.82 Å². The minimum atomic E-state index is -5.18. The van der Waals surface area contributed by atoms with Gasteiger partial charge in [0.25, 0.3) is 10.0 Å². The van der Waals surface area contributed by atoms with Gasteiger partial charge in [-0.2, -0.15) is 13.2 Å². The Hall–Kier alpha value is -3.65. The second kappa shape index (κ2) is 9.58. The van der Waals surface area contributed by atoms with Gasteiger partial charge >= 0.3 is 6.18 Å². The highest BCUT2D eigenvalue weighted by Gasteiger charge is 2.38. The molecule has 0 fully saturated rings. The molecule has 0 radical (unpaired) electrons. The number of nitrogens with two attached hydrogens (primary N) is 1. The lowest BCUT2D eigenvalue weighted by molar-refractivity contribution is -0.140. The van der Waals surface area contributed by atoms with E-state index < -0.39 is 49.4 Å². The van der Waals surface area contributed by atoms with E-state index in [0.717, 1.165) is 6.07 Å². The summed E-state index contributed by atoms with van der Waals surface area (Å²) >= 11 is 1.23. The molecule has 0 aliphatic carbocycles. The van der Waals surface area contributed by atoms with E-state index >= 15 is 4.39 Å². The monoisotopic (exact) mass is 569 g/mol. The number of hydrogen-bond donors (Lipinski definition) is 2. The Kier molecular flexibility index (Phi) is 6.91. The average molecular weight is 570 g/mol. The van der Waals surface area contributed by atoms with Crippen molar-refractivity contribution in [2.45, 2.75) is 37.3 Å². The Balaban J connectivity index is 1.84. The van der Waals surface area contributed by atoms with Crippen molar-refractivity contribution in [2.75, 3.05) is 10.5 Å². The summed E-state index contributed by atoms with van der Waals surface area (Å²) in [7, 11) is -4.98. The van der Waals surface area contributed by atoms with E-state index in [0.29, 0.717) is 27.7 Å². The van der Waals surface area contributed by atoms with E-state index in [1.165, 1.54) is 29.7 Å². The van der Waals surface area contributed by atoms with Crippen LogP contribution in [0.15, 0.2) is 53.6 Å². The van der Waals surface area contributed by atoms with Crippen molar-refractivity contribution in [2.24, 2.45) is 0 Å². The Morgan fingerprint density at radius 1 is 1.00 bits per heavy atom. The fourth-order valence-electron chi connectivity index (χ4n) is 3.45. The highest BCUT2D eigenvalue weighted by molar-refractivity contribution is 7.92. The number of nitrogens with one attached hydrogen (secondary N) is 1. The van der Waals surface area contributed by atoms with E-state index in [9.17, 15) is 26.0 Å². The van der Waals surface area contributed by atoms with Gasteiger partial charge in [0.2, 0.25) is 5.95 Å². The summed E-state index contributed by atoms with van der Waals surface area (Å²) in [5, 5.41) is 0.617. The summed E-state index contributed by atoms with van der Waals surface area (Å²) in [4.78, 5) is 11.8. The van der Waals surface area contributed by atoms with Crippen LogP contribution in [-0.2, 0) is 21.6 Å². The molecule has 200 valence electrons. The molecule has 14 heteroatoms. The molecule has 3 N–H and O–H groups in total. The van der Waals surface area contributed by atoms with Crippen LogP contribution < -0.4 is 10.5 Å². The predicted octanol–water partition coefficient (Wildman–Crippen LogP) is 6.24. The highest BCUT2D eigenvalue weighted by Crippen LogP contribution is 2.42. The van der Waals surface area contributed by atoms with Crippen molar-refractivity contribution in [3.05, 3.63) is 70.9 Å². The Morgan fingerprint density at radius 3 is 2.34 bits per heavy atom. The van der Waals surface area contributed by atoms with Crippen LogP contribution in [0.5, 0.6) is 0 Å². The minimum Gasteiger partial charge on any atom is -0.368 e. The zero-order chi connectivity index (χ0) is 28.0. The van der Waals surface area contributed by atoms with Gasteiger partial charge in [0, 0.05) is 17.2 Å². The maximum absolute atomic E-state index is 15.8. The van der Waals surface area contributed by atoms with Gasteiger partial charge in [0.15, 0.2) is 5.82 Å². The lowest BCUT2D eigenvalue weighted by Crippen LogP contribution is -2.20. The Labute approximate surface area is 218 Å². The molecule has 0 spiro atoms. The number of rotatable bonds is 5. The van der Waals surface area contributed by atoms with Gasteiger partial charge in [-0.15, -0.1) is 11.3 Å². The molecule has 0 amide bonds. The second-order valence-electron chi connectivity index (χ2n) is 9.16. The van der Waals surface area contributed by atoms with Gasteiger partial charge in [-0.05, 0) is 36.4 Å². The number of nitrogens with zero attached hydrogens (tertiary/aromatic N) is 3. The van der Waals surface area contributed by atoms with Gasteiger partial charge < -0.3 is 5.73 Å². The minimum absolute atomic E-state index is 0.0269. The lowest BCUT2D eigenvalue weighted by Gasteiger charge is -2.16. The maximum atomic E-state index is 15.8. The molecule has 0 atom stereocenters. The van der Waals surface area contributed by atoms with Gasteiger partial charge in [-0.3, -0.25) is 4.72 Å². The fourth-order valence-corrected chi connectivity index (χ4v) is 5.82. The van der Waals surface area contributed by atoms with Crippen molar-refractivity contribution < 1.29 is 30.4 Å². The molecule has 4 rings (SSSR count). The van der Waals surface area contributed by atoms with Crippen LogP contribution in [0.3, 0.4) is 0 Å². The average Bonchev–Trinajstić information content (AvgIpc) is 3.25. The van der Waals surface area contributed by atoms with Gasteiger partial charge in [-0.1, -0.05) is 26.8 Å². The van der Waals surface area contributed by atoms with Crippen LogP contribution in [0.25, 0.3) is 21.8 Å². The molecular formula is C24H20F5N5O2S2. The van der Waals surface area contributed by atoms with Gasteiger partial charge in [-0.25, -0.2) is 32.2 Å². The summed E-state index contributed by atoms with van der Waals surface area (Å²) in [6.45, 7) is 5.70. The van der Waals surface area contributed by atoms with Gasteiger partial charge in [0.05, 0.1) is 37.4 Å². The van der Waals surface area contributed by atoms with Crippen molar-refractivity contribution >= 4 is 33.0 Å². The Morgan fingerprint density at radius 2 is 1.71 bits per heavy atom. The van der Waals surface area contributed by atoms with E-state index in [1.54, 1.807) is 6.07 Å². The third-order valence-corrected chi connectivity index (χ3v) is 8.14. The summed E-state index contributed by atoms with van der Waals surface area (Å²) in [5.74, 6) is -2.39. The molecular weight excluding hydrogens is 549 g/mol. The summed E-state index contributed by atoms with van der Waals surface area (Å²) in [5.41, 5.74) is 3.29. The van der Waals surface area contributed by atoms with Crippen molar-refractivity contribution in [1.29, 1.82) is 0 Å². The summed E-state index contributed by atoms with van der Waals surface area (Å²) in [6, 6.07) is 6.37. The number of thiazole rings is 1. The third-order valence-electron chi connectivity index (χ3n) is 5.21. The number of aromatic nitrogens is 3. The first-order valence-corrected chi connectivity index (χ1v) is 13.2. The standard InChI is InChI=1S/C24H20F5N5O2S2/c1-23(2,3)21-33-19(20(37-21)16-9-10-31-22(30)32-16)13-5-4-6-15(18(13)26)34-38(35,36)17-8-7-12(25)11-14(17)24(27,28)29/h4-11,34H,1-3H3,(H2,30,31,32). The molecule has 0 unspecified atom stereocenters. The first-order chi connectivity index (χ1) is 17.6. The normalized spacial score (nSPS) is 12.5. The third kappa shape index (κ3) is 5.45. The predicted molar refractivity (Wildman–Crippen MR) is 134 cm³/mol. The molecule has 0 aliphatic heterocycles. The van der Waals surface area contributed by atoms with Crippen LogP contribution >= 0.6 is 11.3 Å². The van der Waals surface area contributed by atoms with Crippen LogP contribution in [0.1, 0.15) is 31.3 Å². The topological polar surface area (TPSA) is 111 Å². The lowest BCUT2D eigenvalue weighted by atomic mass is 9.98. The SMILES string of the molecule is CC(C)(C)c1nc(-c2cccc(NS(=O)(=O)c3ccc(F)cc3C(F)(F)F)c2F)c(-c2ccnc(N)n2)s1. The number of hydrogen-bond acceptors (Lipinski definition) is 7. The number of nitrogen functional groups attached to an aromatic ring is 1. The molecule has 2 heterocycles. The van der Waals surface area contributed by atoms with Crippen molar-refractivity contribution in [3.8, 4) is 21.8 Å². The summed E-state index contributed by atoms with van der Waals surface area (Å²) in [6.07, 6.45) is -3.76. The first kappa shape index (κ1) is 27.4. The molecule has 38 heavy (non-hydrogen) atoms. The van der Waals surface area contributed by atoms with Crippen LogP contribution in [-0.4, -0.2) is 23.4 Å². The van der Waals surface area contributed by atoms with E-state index in [4.69, 9.17) is 5.73 Å². The maximum Gasteiger partial charge on any atom is 0.417 e. The van der Waals surface area contributed by atoms with Crippen LogP contribution in [0.4, 0.5) is 33.6 Å². The second-order valence-corrected chi connectivity index (χ2v) is 11.8. The van der Waals surface area contributed by atoms with Crippen molar-refractivity contribution in [3.63, 3.8) is 0 Å². The molecule has 7 nitrogen and oxygen atoms in total. The molecule has 2 aromatic heterocycles. The zero-order valence-corrected chi connectivity index (χ0v) is 21.7. The van der Waals surface area contributed by atoms with E-state index in [1.807, 2.05) is 25.5 Å². The zero-order valence-electron chi connectivity index (χ0n) is 20.1.